The fourth-order valence-electron chi connectivity index (χ4n) is 3.09. The molecule has 0 aliphatic carbocycles. The zero-order valence-corrected chi connectivity index (χ0v) is 15.2. The molecule has 1 unspecified atom stereocenters. The van der Waals surface area contributed by atoms with E-state index >= 15 is 0 Å². The number of rotatable bonds is 6. The predicted octanol–water partition coefficient (Wildman–Crippen LogP) is 3.59. The molecule has 0 saturated heterocycles. The molecule has 0 spiro atoms. The van der Waals surface area contributed by atoms with Gasteiger partial charge in [-0.25, -0.2) is 0 Å². The Bertz CT molecular complexity index is 945. The number of ether oxygens (including phenoxy) is 2. The zero-order chi connectivity index (χ0) is 18.8. The van der Waals surface area contributed by atoms with Gasteiger partial charge in [0.05, 0.1) is 12.9 Å². The number of furan rings is 1. The lowest BCUT2D eigenvalue weighted by Gasteiger charge is -2.13. The van der Waals surface area contributed by atoms with Gasteiger partial charge in [-0.3, -0.25) is 4.79 Å². The number of carbonyl (C=O) groups excluding carboxylic acids is 1. The van der Waals surface area contributed by atoms with Crippen molar-refractivity contribution in [1.82, 2.24) is 10.5 Å². The lowest BCUT2D eigenvalue weighted by Crippen LogP contribution is -2.23. The van der Waals surface area contributed by atoms with Gasteiger partial charge in [-0.1, -0.05) is 5.16 Å². The highest BCUT2D eigenvalue weighted by Crippen LogP contribution is 2.35. The summed E-state index contributed by atoms with van der Waals surface area (Å²) in [4.78, 5) is 12.4. The molecule has 1 aliphatic rings. The van der Waals surface area contributed by atoms with Crippen molar-refractivity contribution in [1.29, 1.82) is 0 Å². The van der Waals surface area contributed by atoms with Crippen molar-refractivity contribution in [3.05, 3.63) is 53.4 Å². The number of hydrogen-bond donors (Lipinski definition) is 1. The van der Waals surface area contributed by atoms with Gasteiger partial charge in [0.25, 0.3) is 5.91 Å². The summed E-state index contributed by atoms with van der Waals surface area (Å²) in [6.07, 6.45) is 2.54. The number of amides is 1. The van der Waals surface area contributed by atoms with Crippen molar-refractivity contribution in [3.63, 3.8) is 0 Å². The smallest absolute Gasteiger partial charge is 0.273 e. The molecule has 0 fully saturated rings. The summed E-state index contributed by atoms with van der Waals surface area (Å²) in [5.74, 6) is 2.18. The SMILES string of the molecule is CCOc1cc2c(cc1CNC(=O)c1cc(-c3ccco3)on1)OC(C)C2. The van der Waals surface area contributed by atoms with Crippen molar-refractivity contribution < 1.29 is 23.2 Å². The molecule has 7 heteroatoms. The molecule has 1 N–H and O–H groups in total. The minimum atomic E-state index is -0.339. The summed E-state index contributed by atoms with van der Waals surface area (Å²) >= 11 is 0. The van der Waals surface area contributed by atoms with Gasteiger partial charge in [-0.05, 0) is 38.1 Å². The largest absolute Gasteiger partial charge is 0.494 e. The lowest BCUT2D eigenvalue weighted by molar-refractivity contribution is 0.0941. The van der Waals surface area contributed by atoms with E-state index in [-0.39, 0.29) is 17.7 Å². The fourth-order valence-corrected chi connectivity index (χ4v) is 3.09. The fraction of sp³-hybridized carbons (Fsp3) is 0.300. The monoisotopic (exact) mass is 368 g/mol. The van der Waals surface area contributed by atoms with E-state index in [9.17, 15) is 4.79 Å². The van der Waals surface area contributed by atoms with Crippen molar-refractivity contribution in [2.45, 2.75) is 32.9 Å². The zero-order valence-electron chi connectivity index (χ0n) is 15.2. The van der Waals surface area contributed by atoms with E-state index in [1.807, 2.05) is 26.0 Å². The summed E-state index contributed by atoms with van der Waals surface area (Å²) in [6, 6.07) is 8.95. The van der Waals surface area contributed by atoms with Crippen molar-refractivity contribution in [2.24, 2.45) is 0 Å². The average Bonchev–Trinajstić information content (AvgIpc) is 3.38. The molecule has 0 saturated carbocycles. The van der Waals surface area contributed by atoms with Crippen LogP contribution in [0.5, 0.6) is 11.5 Å². The van der Waals surface area contributed by atoms with Crippen molar-refractivity contribution >= 4 is 5.91 Å². The number of nitrogens with zero attached hydrogens (tertiary/aromatic N) is 1. The third-order valence-electron chi connectivity index (χ3n) is 4.33. The van der Waals surface area contributed by atoms with Gasteiger partial charge in [0.1, 0.15) is 17.6 Å². The first-order chi connectivity index (χ1) is 13.1. The van der Waals surface area contributed by atoms with Crippen LogP contribution >= 0.6 is 0 Å². The normalized spacial score (nSPS) is 15.3. The molecular formula is C20H20N2O5. The standard InChI is InChI=1S/C20H20N2O5/c1-3-24-17-8-13-7-12(2)26-18(13)9-14(17)11-21-20(23)15-10-19(27-22-15)16-5-4-6-25-16/h4-6,8-10,12H,3,7,11H2,1-2H3,(H,21,23). The second-order valence-corrected chi connectivity index (χ2v) is 6.37. The van der Waals surface area contributed by atoms with E-state index in [1.165, 1.54) is 6.26 Å². The number of benzene rings is 1. The van der Waals surface area contributed by atoms with Gasteiger partial charge in [0.15, 0.2) is 11.5 Å². The molecule has 2 aromatic heterocycles. The van der Waals surface area contributed by atoms with Crippen LogP contribution in [0.2, 0.25) is 0 Å². The third-order valence-corrected chi connectivity index (χ3v) is 4.33. The van der Waals surface area contributed by atoms with E-state index < -0.39 is 0 Å². The number of hydrogen-bond acceptors (Lipinski definition) is 6. The van der Waals surface area contributed by atoms with Crippen LogP contribution in [0, 0.1) is 0 Å². The van der Waals surface area contributed by atoms with Crippen LogP contribution in [0.1, 0.15) is 35.5 Å². The van der Waals surface area contributed by atoms with Gasteiger partial charge in [-0.2, -0.15) is 0 Å². The maximum atomic E-state index is 12.4. The maximum Gasteiger partial charge on any atom is 0.273 e. The molecule has 4 rings (SSSR count). The molecule has 1 atom stereocenters. The molecule has 27 heavy (non-hydrogen) atoms. The Morgan fingerprint density at radius 3 is 3.00 bits per heavy atom. The minimum Gasteiger partial charge on any atom is -0.494 e. The first kappa shape index (κ1) is 17.2. The molecule has 1 aliphatic heterocycles. The third kappa shape index (κ3) is 3.53. The number of carbonyl (C=O) groups is 1. The van der Waals surface area contributed by atoms with E-state index in [0.29, 0.717) is 24.7 Å². The van der Waals surface area contributed by atoms with E-state index in [1.54, 1.807) is 18.2 Å². The van der Waals surface area contributed by atoms with Gasteiger partial charge in [0, 0.05) is 30.2 Å². The van der Waals surface area contributed by atoms with E-state index in [0.717, 1.165) is 29.0 Å². The summed E-state index contributed by atoms with van der Waals surface area (Å²) in [7, 11) is 0. The average molecular weight is 368 g/mol. The molecule has 3 aromatic rings. The van der Waals surface area contributed by atoms with E-state index in [2.05, 4.69) is 10.5 Å². The molecule has 1 aromatic carbocycles. The van der Waals surface area contributed by atoms with Crippen LogP contribution in [0.25, 0.3) is 11.5 Å². The van der Waals surface area contributed by atoms with Gasteiger partial charge in [-0.15, -0.1) is 0 Å². The summed E-state index contributed by atoms with van der Waals surface area (Å²) < 4.78 is 22.0. The van der Waals surface area contributed by atoms with Crippen LogP contribution in [0.15, 0.2) is 45.5 Å². The molecule has 1 amide bonds. The van der Waals surface area contributed by atoms with E-state index in [4.69, 9.17) is 18.4 Å². The minimum absolute atomic E-state index is 0.148. The Hall–Kier alpha value is -3.22. The van der Waals surface area contributed by atoms with Crippen LogP contribution < -0.4 is 14.8 Å². The molecule has 0 radical (unpaired) electrons. The number of fused-ring (bicyclic) bond motifs is 1. The highest BCUT2D eigenvalue weighted by atomic mass is 16.5. The van der Waals surface area contributed by atoms with Crippen LogP contribution in [0.4, 0.5) is 0 Å². The summed E-state index contributed by atoms with van der Waals surface area (Å²) in [5.41, 5.74) is 2.17. The predicted molar refractivity (Wildman–Crippen MR) is 96.8 cm³/mol. The summed E-state index contributed by atoms with van der Waals surface area (Å²) in [6.45, 7) is 4.80. The number of aromatic nitrogens is 1. The Labute approximate surface area is 156 Å². The summed E-state index contributed by atoms with van der Waals surface area (Å²) in [5, 5.41) is 6.66. The Morgan fingerprint density at radius 1 is 1.33 bits per heavy atom. The Kier molecular flexibility index (Phi) is 4.58. The Balaban J connectivity index is 1.48. The molecule has 0 bridgehead atoms. The Morgan fingerprint density at radius 2 is 2.22 bits per heavy atom. The highest BCUT2D eigenvalue weighted by molar-refractivity contribution is 5.92. The van der Waals surface area contributed by atoms with Crippen LogP contribution in [-0.4, -0.2) is 23.8 Å². The molecular weight excluding hydrogens is 348 g/mol. The first-order valence-electron chi connectivity index (χ1n) is 8.88. The first-order valence-corrected chi connectivity index (χ1v) is 8.88. The highest BCUT2D eigenvalue weighted by Gasteiger charge is 2.22. The lowest BCUT2D eigenvalue weighted by atomic mass is 10.1. The maximum absolute atomic E-state index is 12.4. The van der Waals surface area contributed by atoms with Crippen LogP contribution in [-0.2, 0) is 13.0 Å². The number of nitrogens with one attached hydrogen (secondary N) is 1. The van der Waals surface area contributed by atoms with Gasteiger partial charge in [0.2, 0.25) is 5.76 Å². The quantitative estimate of drug-likeness (QED) is 0.715. The second kappa shape index (κ2) is 7.19. The van der Waals surface area contributed by atoms with Gasteiger partial charge < -0.3 is 23.7 Å². The molecule has 7 nitrogen and oxygen atoms in total. The van der Waals surface area contributed by atoms with Crippen molar-refractivity contribution in [3.8, 4) is 23.0 Å². The molecule has 140 valence electrons. The van der Waals surface area contributed by atoms with Crippen LogP contribution in [0.3, 0.4) is 0 Å². The van der Waals surface area contributed by atoms with Gasteiger partial charge >= 0.3 is 0 Å². The molecule has 3 heterocycles. The topological polar surface area (TPSA) is 86.7 Å². The van der Waals surface area contributed by atoms with Crippen molar-refractivity contribution in [2.75, 3.05) is 6.61 Å². The second-order valence-electron chi connectivity index (χ2n) is 6.37.